The molecule has 0 atom stereocenters. The standard InChI is InChI=1S/C13H14BNO4/c1-3-10-4-6-11(7-5-10)14-18-12(16)8-15(2)9-13(17)19-14/h3-7H,1,8-9H2,2H3. The average Bonchev–Trinajstić information content (AvgIpc) is 2.36. The summed E-state index contributed by atoms with van der Waals surface area (Å²) in [6, 6.07) is 7.12. The van der Waals surface area contributed by atoms with Crippen LogP contribution >= 0.6 is 0 Å². The summed E-state index contributed by atoms with van der Waals surface area (Å²) in [5.41, 5.74) is 1.56. The fourth-order valence-corrected chi connectivity index (χ4v) is 1.76. The van der Waals surface area contributed by atoms with Crippen LogP contribution < -0.4 is 5.46 Å². The Morgan fingerprint density at radius 2 is 1.68 bits per heavy atom. The summed E-state index contributed by atoms with van der Waals surface area (Å²) in [5, 5.41) is 0. The molecular formula is C13H14BNO4. The van der Waals surface area contributed by atoms with E-state index in [4.69, 9.17) is 9.31 Å². The maximum atomic E-state index is 11.6. The first-order chi connectivity index (χ1) is 9.08. The van der Waals surface area contributed by atoms with Crippen molar-refractivity contribution in [2.45, 2.75) is 0 Å². The van der Waals surface area contributed by atoms with E-state index in [1.807, 2.05) is 12.1 Å². The van der Waals surface area contributed by atoms with Gasteiger partial charge in [0.2, 0.25) is 0 Å². The normalized spacial score (nSPS) is 17.2. The van der Waals surface area contributed by atoms with Gasteiger partial charge in [-0.15, -0.1) is 0 Å². The first-order valence-corrected chi connectivity index (χ1v) is 5.88. The Balaban J connectivity index is 2.18. The number of nitrogens with zero attached hydrogens (tertiary/aromatic N) is 1. The van der Waals surface area contributed by atoms with Gasteiger partial charge in [0.05, 0.1) is 13.1 Å². The number of carbonyl (C=O) groups excluding carboxylic acids is 2. The van der Waals surface area contributed by atoms with Gasteiger partial charge in [-0.25, -0.2) is 0 Å². The van der Waals surface area contributed by atoms with Crippen molar-refractivity contribution < 1.29 is 18.9 Å². The van der Waals surface area contributed by atoms with E-state index < -0.39 is 19.1 Å². The highest BCUT2D eigenvalue weighted by molar-refractivity contribution is 6.64. The third kappa shape index (κ3) is 3.45. The molecule has 1 aliphatic heterocycles. The van der Waals surface area contributed by atoms with E-state index in [0.717, 1.165) is 5.56 Å². The number of hydrogen-bond donors (Lipinski definition) is 0. The average molecular weight is 259 g/mol. The summed E-state index contributed by atoms with van der Waals surface area (Å²) in [5.74, 6) is -0.847. The zero-order valence-corrected chi connectivity index (χ0v) is 10.7. The van der Waals surface area contributed by atoms with Crippen LogP contribution in [0, 0.1) is 0 Å². The van der Waals surface area contributed by atoms with Crippen LogP contribution in [0.2, 0.25) is 0 Å². The maximum absolute atomic E-state index is 11.6. The van der Waals surface area contributed by atoms with Crippen LogP contribution in [0.3, 0.4) is 0 Å². The Morgan fingerprint density at radius 1 is 1.16 bits per heavy atom. The summed E-state index contributed by atoms with van der Waals surface area (Å²) in [6.07, 6.45) is 1.70. The van der Waals surface area contributed by atoms with E-state index in [1.165, 1.54) is 0 Å². The van der Waals surface area contributed by atoms with Crippen LogP contribution in [-0.4, -0.2) is 44.1 Å². The molecule has 0 radical (unpaired) electrons. The van der Waals surface area contributed by atoms with Gasteiger partial charge >= 0.3 is 19.1 Å². The Bertz CT molecular complexity index is 480. The molecule has 2 rings (SSSR count). The molecule has 1 aromatic carbocycles. The van der Waals surface area contributed by atoms with Gasteiger partial charge in [-0.3, -0.25) is 14.5 Å². The highest BCUT2D eigenvalue weighted by Crippen LogP contribution is 2.03. The molecule has 0 saturated carbocycles. The number of hydrogen-bond acceptors (Lipinski definition) is 5. The zero-order chi connectivity index (χ0) is 13.8. The lowest BCUT2D eigenvalue weighted by atomic mass is 9.78. The number of likely N-dealkylation sites (N-methyl/N-ethyl adjacent to an activating group) is 1. The van der Waals surface area contributed by atoms with E-state index in [1.54, 1.807) is 30.2 Å². The summed E-state index contributed by atoms with van der Waals surface area (Å²) >= 11 is 0. The molecule has 0 unspecified atom stereocenters. The second-order valence-electron chi connectivity index (χ2n) is 4.35. The predicted octanol–water partition coefficient (Wildman–Crippen LogP) is 0.0566. The van der Waals surface area contributed by atoms with E-state index in [9.17, 15) is 9.59 Å². The quantitative estimate of drug-likeness (QED) is 0.703. The summed E-state index contributed by atoms with van der Waals surface area (Å²) < 4.78 is 10.3. The molecule has 0 aromatic heterocycles. The number of rotatable bonds is 2. The molecule has 98 valence electrons. The Morgan fingerprint density at radius 3 is 2.16 bits per heavy atom. The summed E-state index contributed by atoms with van der Waals surface area (Å²) in [4.78, 5) is 24.7. The van der Waals surface area contributed by atoms with Gasteiger partial charge in [-0.05, 0) is 12.6 Å². The van der Waals surface area contributed by atoms with Crippen molar-refractivity contribution in [3.63, 3.8) is 0 Å². The Kier molecular flexibility index (Phi) is 4.01. The summed E-state index contributed by atoms with van der Waals surface area (Å²) in [7, 11) is 0.675. The number of carbonyl (C=O) groups is 2. The molecule has 5 nitrogen and oxygen atoms in total. The summed E-state index contributed by atoms with van der Waals surface area (Å²) in [6.45, 7) is 3.79. The minimum Gasteiger partial charge on any atom is -0.494 e. The first kappa shape index (κ1) is 13.4. The maximum Gasteiger partial charge on any atom is 0.636 e. The molecule has 1 fully saturated rings. The SMILES string of the molecule is C=Cc1ccc(B2OC(=O)CN(C)CC(=O)O2)cc1. The topological polar surface area (TPSA) is 55.8 Å². The molecule has 1 heterocycles. The van der Waals surface area contributed by atoms with Crippen molar-refractivity contribution in [1.82, 2.24) is 4.90 Å². The van der Waals surface area contributed by atoms with Gasteiger partial charge in [-0.1, -0.05) is 36.9 Å². The van der Waals surface area contributed by atoms with Crippen LogP contribution in [0.1, 0.15) is 5.56 Å². The lowest BCUT2D eigenvalue weighted by Gasteiger charge is -2.22. The lowest BCUT2D eigenvalue weighted by Crippen LogP contribution is -2.47. The molecule has 0 aliphatic carbocycles. The predicted molar refractivity (Wildman–Crippen MR) is 71.6 cm³/mol. The minimum atomic E-state index is -0.979. The van der Waals surface area contributed by atoms with Crippen molar-refractivity contribution in [2.75, 3.05) is 20.1 Å². The van der Waals surface area contributed by atoms with Crippen molar-refractivity contribution in [3.05, 3.63) is 36.4 Å². The molecule has 0 spiro atoms. The van der Waals surface area contributed by atoms with Gasteiger partial charge < -0.3 is 9.31 Å². The molecule has 19 heavy (non-hydrogen) atoms. The van der Waals surface area contributed by atoms with E-state index >= 15 is 0 Å². The molecule has 1 saturated heterocycles. The third-order valence-electron chi connectivity index (χ3n) is 2.72. The molecule has 0 bridgehead atoms. The molecule has 0 N–H and O–H groups in total. The molecule has 6 heteroatoms. The van der Waals surface area contributed by atoms with Crippen LogP contribution in [0.4, 0.5) is 0 Å². The highest BCUT2D eigenvalue weighted by atomic mass is 16.6. The highest BCUT2D eigenvalue weighted by Gasteiger charge is 2.33. The van der Waals surface area contributed by atoms with Crippen LogP contribution in [0.25, 0.3) is 6.08 Å². The lowest BCUT2D eigenvalue weighted by molar-refractivity contribution is -0.145. The van der Waals surface area contributed by atoms with Crippen molar-refractivity contribution in [2.24, 2.45) is 0 Å². The van der Waals surface area contributed by atoms with Crippen molar-refractivity contribution in [1.29, 1.82) is 0 Å². The fourth-order valence-electron chi connectivity index (χ4n) is 1.76. The van der Waals surface area contributed by atoms with Crippen LogP contribution in [-0.2, 0) is 18.9 Å². The van der Waals surface area contributed by atoms with Crippen LogP contribution in [0.15, 0.2) is 30.8 Å². The number of benzene rings is 1. The van der Waals surface area contributed by atoms with E-state index in [-0.39, 0.29) is 13.1 Å². The zero-order valence-electron chi connectivity index (χ0n) is 10.7. The van der Waals surface area contributed by atoms with Crippen molar-refractivity contribution in [3.8, 4) is 0 Å². The smallest absolute Gasteiger partial charge is 0.494 e. The molecule has 1 aliphatic rings. The van der Waals surface area contributed by atoms with Gasteiger partial charge in [-0.2, -0.15) is 0 Å². The Hall–Kier alpha value is -2.08. The minimum absolute atomic E-state index is 0.0658. The van der Waals surface area contributed by atoms with E-state index in [0.29, 0.717) is 5.46 Å². The Labute approximate surface area is 111 Å². The van der Waals surface area contributed by atoms with E-state index in [2.05, 4.69) is 6.58 Å². The van der Waals surface area contributed by atoms with Gasteiger partial charge in [0.1, 0.15) is 0 Å². The van der Waals surface area contributed by atoms with Crippen molar-refractivity contribution >= 4 is 30.6 Å². The van der Waals surface area contributed by atoms with Gasteiger partial charge in [0.25, 0.3) is 0 Å². The second-order valence-corrected chi connectivity index (χ2v) is 4.35. The molecular weight excluding hydrogens is 245 g/mol. The largest absolute Gasteiger partial charge is 0.636 e. The third-order valence-corrected chi connectivity index (χ3v) is 2.72. The molecule has 0 amide bonds. The molecule has 1 aromatic rings. The second kappa shape index (κ2) is 5.71. The monoisotopic (exact) mass is 259 g/mol. The van der Waals surface area contributed by atoms with Gasteiger partial charge in [0, 0.05) is 5.46 Å². The van der Waals surface area contributed by atoms with Crippen LogP contribution in [0.5, 0.6) is 0 Å². The first-order valence-electron chi connectivity index (χ1n) is 5.88. The van der Waals surface area contributed by atoms with Gasteiger partial charge in [0.15, 0.2) is 0 Å². The fraction of sp³-hybridized carbons (Fsp3) is 0.231.